The molecule has 2 unspecified atom stereocenters. The second-order valence-electron chi connectivity index (χ2n) is 9.69. The van der Waals surface area contributed by atoms with E-state index in [4.69, 9.17) is 4.74 Å². The van der Waals surface area contributed by atoms with E-state index in [1.54, 1.807) is 31.4 Å². The van der Waals surface area contributed by atoms with Crippen molar-refractivity contribution >= 4 is 11.8 Å². The Hall–Kier alpha value is -3.68. The average Bonchev–Trinajstić information content (AvgIpc) is 2.97. The number of methoxy groups -OCH3 is 1. The van der Waals surface area contributed by atoms with Crippen LogP contribution in [0.2, 0.25) is 0 Å². The van der Waals surface area contributed by atoms with Crippen molar-refractivity contribution in [2.75, 3.05) is 26.7 Å². The Kier molecular flexibility index (Phi) is 12.0. The van der Waals surface area contributed by atoms with Crippen LogP contribution in [0.4, 0.5) is 0 Å². The molecule has 0 bridgehead atoms. The van der Waals surface area contributed by atoms with Gasteiger partial charge in [0.25, 0.3) is 11.8 Å². The van der Waals surface area contributed by atoms with E-state index >= 15 is 0 Å². The number of amides is 2. The molecule has 0 aliphatic carbocycles. The first-order valence-electron chi connectivity index (χ1n) is 13.7. The van der Waals surface area contributed by atoms with Gasteiger partial charge in [-0.1, -0.05) is 62.4 Å². The first-order chi connectivity index (χ1) is 18.9. The quantitative estimate of drug-likeness (QED) is 0.270. The molecule has 3 aromatic carbocycles. The lowest BCUT2D eigenvalue weighted by molar-refractivity contribution is 0.0755. The fraction of sp³-hybridized carbons (Fsp3) is 0.375. The fourth-order valence-corrected chi connectivity index (χ4v) is 4.52. The Labute approximate surface area is 232 Å². The molecule has 0 spiro atoms. The number of carbonyl (C=O) groups is 2. The van der Waals surface area contributed by atoms with Crippen molar-refractivity contribution in [3.05, 3.63) is 101 Å². The Morgan fingerprint density at radius 2 is 1.54 bits per heavy atom. The standard InChI is InChI=1S/C32H41N3O4/c1-4-17-35(18-5-2)32(38)27-15-10-14-26(21-27)31(37)34-29(20-24-11-7-6-8-12-24)30(36)23-33-22-25-13-9-16-28(19-25)39-3/h6-16,19,21,29-30,33,36H,4-5,17-18,20,22-23H2,1-3H3,(H,34,37). The summed E-state index contributed by atoms with van der Waals surface area (Å²) in [6.07, 6.45) is 1.37. The first-order valence-corrected chi connectivity index (χ1v) is 13.7. The van der Waals surface area contributed by atoms with Gasteiger partial charge in [-0.05, 0) is 60.7 Å². The zero-order valence-corrected chi connectivity index (χ0v) is 23.2. The maximum Gasteiger partial charge on any atom is 0.253 e. The number of ether oxygens (including phenoxy) is 1. The molecule has 7 nitrogen and oxygen atoms in total. The van der Waals surface area contributed by atoms with Crippen LogP contribution in [0.25, 0.3) is 0 Å². The summed E-state index contributed by atoms with van der Waals surface area (Å²) in [4.78, 5) is 28.2. The molecule has 0 heterocycles. The highest BCUT2D eigenvalue weighted by atomic mass is 16.5. The number of aliphatic hydroxyl groups excluding tert-OH is 1. The Bertz CT molecular complexity index is 1180. The van der Waals surface area contributed by atoms with Crippen LogP contribution in [-0.4, -0.2) is 60.7 Å². The van der Waals surface area contributed by atoms with Gasteiger partial charge in [0, 0.05) is 37.3 Å². The maximum absolute atomic E-state index is 13.3. The van der Waals surface area contributed by atoms with E-state index in [2.05, 4.69) is 10.6 Å². The molecular formula is C32H41N3O4. The summed E-state index contributed by atoms with van der Waals surface area (Å²) in [5.41, 5.74) is 2.92. The zero-order chi connectivity index (χ0) is 28.0. The lowest BCUT2D eigenvalue weighted by Gasteiger charge is -2.25. The molecule has 39 heavy (non-hydrogen) atoms. The summed E-state index contributed by atoms with van der Waals surface area (Å²) in [6.45, 7) is 6.29. The van der Waals surface area contributed by atoms with Crippen LogP contribution in [0.15, 0.2) is 78.9 Å². The molecule has 0 radical (unpaired) electrons. The third-order valence-corrected chi connectivity index (χ3v) is 6.54. The number of benzene rings is 3. The van der Waals surface area contributed by atoms with Gasteiger partial charge in [0.05, 0.1) is 19.3 Å². The summed E-state index contributed by atoms with van der Waals surface area (Å²) in [6, 6.07) is 23.8. The van der Waals surface area contributed by atoms with Crippen LogP contribution in [0.5, 0.6) is 5.75 Å². The lowest BCUT2D eigenvalue weighted by atomic mass is 10.00. The first kappa shape index (κ1) is 29.9. The molecular weight excluding hydrogens is 490 g/mol. The summed E-state index contributed by atoms with van der Waals surface area (Å²) < 4.78 is 5.28. The van der Waals surface area contributed by atoms with Crippen LogP contribution < -0.4 is 15.4 Å². The summed E-state index contributed by atoms with van der Waals surface area (Å²) in [5, 5.41) is 17.4. The van der Waals surface area contributed by atoms with E-state index in [1.165, 1.54) is 0 Å². The second kappa shape index (κ2) is 15.7. The van der Waals surface area contributed by atoms with E-state index in [0.29, 0.717) is 37.2 Å². The summed E-state index contributed by atoms with van der Waals surface area (Å²) in [5.74, 6) is 0.378. The highest BCUT2D eigenvalue weighted by Gasteiger charge is 2.23. The molecule has 2 atom stereocenters. The molecule has 0 aliphatic rings. The van der Waals surface area contributed by atoms with Crippen molar-refractivity contribution in [2.45, 2.75) is 51.8 Å². The van der Waals surface area contributed by atoms with Crippen LogP contribution in [0.1, 0.15) is 58.5 Å². The largest absolute Gasteiger partial charge is 0.497 e. The molecule has 0 aliphatic heterocycles. The number of carbonyl (C=O) groups excluding carboxylic acids is 2. The Balaban J connectivity index is 1.71. The van der Waals surface area contributed by atoms with Gasteiger partial charge >= 0.3 is 0 Å². The molecule has 3 aromatic rings. The van der Waals surface area contributed by atoms with E-state index in [0.717, 1.165) is 29.7 Å². The van der Waals surface area contributed by atoms with Crippen LogP contribution >= 0.6 is 0 Å². The van der Waals surface area contributed by atoms with Crippen LogP contribution in [0, 0.1) is 0 Å². The third-order valence-electron chi connectivity index (χ3n) is 6.54. The van der Waals surface area contributed by atoms with Crippen LogP contribution in [0.3, 0.4) is 0 Å². The summed E-state index contributed by atoms with van der Waals surface area (Å²) >= 11 is 0. The van der Waals surface area contributed by atoms with Crippen LogP contribution in [-0.2, 0) is 13.0 Å². The molecule has 0 fully saturated rings. The van der Waals surface area contributed by atoms with E-state index in [-0.39, 0.29) is 18.4 Å². The highest BCUT2D eigenvalue weighted by Crippen LogP contribution is 2.14. The minimum absolute atomic E-state index is 0.0732. The third kappa shape index (κ3) is 9.23. The van der Waals surface area contributed by atoms with Crippen molar-refractivity contribution in [3.8, 4) is 5.75 Å². The van der Waals surface area contributed by atoms with Gasteiger partial charge in [0.1, 0.15) is 5.75 Å². The molecule has 0 saturated heterocycles. The van der Waals surface area contributed by atoms with E-state index < -0.39 is 12.1 Å². The predicted octanol–water partition coefficient (Wildman–Crippen LogP) is 4.45. The predicted molar refractivity (Wildman–Crippen MR) is 155 cm³/mol. The van der Waals surface area contributed by atoms with Gasteiger partial charge in [0.2, 0.25) is 0 Å². The van der Waals surface area contributed by atoms with Gasteiger partial charge in [-0.3, -0.25) is 9.59 Å². The SMILES string of the molecule is CCCN(CCC)C(=O)c1cccc(C(=O)NC(Cc2ccccc2)C(O)CNCc2cccc(OC)c2)c1. The van der Waals surface area contributed by atoms with Gasteiger partial charge in [-0.25, -0.2) is 0 Å². The lowest BCUT2D eigenvalue weighted by Crippen LogP contribution is -2.48. The highest BCUT2D eigenvalue weighted by molar-refractivity contribution is 5.99. The molecule has 208 valence electrons. The number of hydrogen-bond donors (Lipinski definition) is 3. The number of nitrogens with one attached hydrogen (secondary N) is 2. The molecule has 2 amide bonds. The van der Waals surface area contributed by atoms with Crippen molar-refractivity contribution < 1.29 is 19.4 Å². The molecule has 3 rings (SSSR count). The molecule has 0 aromatic heterocycles. The Morgan fingerprint density at radius 1 is 0.872 bits per heavy atom. The smallest absolute Gasteiger partial charge is 0.253 e. The number of rotatable bonds is 15. The van der Waals surface area contributed by atoms with Crippen molar-refractivity contribution in [2.24, 2.45) is 0 Å². The van der Waals surface area contributed by atoms with Gasteiger partial charge in [0.15, 0.2) is 0 Å². The maximum atomic E-state index is 13.3. The van der Waals surface area contributed by atoms with Gasteiger partial charge in [-0.15, -0.1) is 0 Å². The van der Waals surface area contributed by atoms with Crippen molar-refractivity contribution in [1.82, 2.24) is 15.5 Å². The zero-order valence-electron chi connectivity index (χ0n) is 23.2. The number of aliphatic hydroxyl groups is 1. The van der Waals surface area contributed by atoms with Gasteiger partial charge < -0.3 is 25.4 Å². The topological polar surface area (TPSA) is 90.9 Å². The van der Waals surface area contributed by atoms with Crippen molar-refractivity contribution in [3.63, 3.8) is 0 Å². The minimum Gasteiger partial charge on any atom is -0.497 e. The average molecular weight is 532 g/mol. The normalized spacial score (nSPS) is 12.4. The number of hydrogen-bond acceptors (Lipinski definition) is 5. The van der Waals surface area contributed by atoms with E-state index in [9.17, 15) is 14.7 Å². The molecule has 3 N–H and O–H groups in total. The van der Waals surface area contributed by atoms with Crippen molar-refractivity contribution in [1.29, 1.82) is 0 Å². The molecule has 7 heteroatoms. The summed E-state index contributed by atoms with van der Waals surface area (Å²) in [7, 11) is 1.63. The van der Waals surface area contributed by atoms with Gasteiger partial charge in [-0.2, -0.15) is 0 Å². The molecule has 0 saturated carbocycles. The minimum atomic E-state index is -0.839. The fourth-order valence-electron chi connectivity index (χ4n) is 4.52. The second-order valence-corrected chi connectivity index (χ2v) is 9.69. The monoisotopic (exact) mass is 531 g/mol. The van der Waals surface area contributed by atoms with E-state index in [1.807, 2.05) is 73.3 Å². The Morgan fingerprint density at radius 3 is 2.23 bits per heavy atom. The number of nitrogens with zero attached hydrogens (tertiary/aromatic N) is 1.